The number of amides is 1. The Kier molecular flexibility index (Phi) is 4.58. The highest BCUT2D eigenvalue weighted by Crippen LogP contribution is 2.17. The lowest BCUT2D eigenvalue weighted by Crippen LogP contribution is -2.29. The van der Waals surface area contributed by atoms with Gasteiger partial charge in [0.25, 0.3) is 0 Å². The van der Waals surface area contributed by atoms with Crippen molar-refractivity contribution >= 4 is 22.0 Å². The van der Waals surface area contributed by atoms with Crippen molar-refractivity contribution in [3.63, 3.8) is 0 Å². The van der Waals surface area contributed by atoms with Gasteiger partial charge in [-0.25, -0.2) is 4.79 Å². The van der Waals surface area contributed by atoms with Crippen molar-refractivity contribution in [1.82, 2.24) is 5.32 Å². The first-order valence-corrected chi connectivity index (χ1v) is 6.73. The Morgan fingerprint density at radius 3 is 2.37 bits per heavy atom. The van der Waals surface area contributed by atoms with Crippen molar-refractivity contribution in [3.8, 4) is 5.75 Å². The SMILES string of the molecule is CC(NC(=O)Oc1ccccc1)c1ccc(Br)cc1. The molecule has 0 spiro atoms. The summed E-state index contributed by atoms with van der Waals surface area (Å²) in [4.78, 5) is 11.7. The number of carbonyl (C=O) groups is 1. The summed E-state index contributed by atoms with van der Waals surface area (Å²) in [6.07, 6.45) is -0.457. The minimum atomic E-state index is -0.457. The lowest BCUT2D eigenvalue weighted by atomic mass is 10.1. The van der Waals surface area contributed by atoms with Crippen LogP contribution in [-0.2, 0) is 0 Å². The van der Waals surface area contributed by atoms with Gasteiger partial charge in [-0.05, 0) is 36.8 Å². The van der Waals surface area contributed by atoms with Gasteiger partial charge >= 0.3 is 6.09 Å². The van der Waals surface area contributed by atoms with Crippen LogP contribution in [0.1, 0.15) is 18.5 Å². The van der Waals surface area contributed by atoms with Crippen LogP contribution < -0.4 is 10.1 Å². The second-order valence-corrected chi connectivity index (χ2v) is 5.04. The molecule has 1 amide bonds. The summed E-state index contributed by atoms with van der Waals surface area (Å²) < 4.78 is 6.18. The molecule has 19 heavy (non-hydrogen) atoms. The van der Waals surface area contributed by atoms with Crippen LogP contribution in [0.4, 0.5) is 4.79 Å². The fraction of sp³-hybridized carbons (Fsp3) is 0.133. The van der Waals surface area contributed by atoms with Crippen molar-refractivity contribution in [2.24, 2.45) is 0 Å². The number of ether oxygens (including phenoxy) is 1. The van der Waals surface area contributed by atoms with E-state index in [2.05, 4.69) is 21.2 Å². The van der Waals surface area contributed by atoms with Gasteiger partial charge in [0.05, 0.1) is 6.04 Å². The van der Waals surface area contributed by atoms with E-state index in [9.17, 15) is 4.79 Å². The van der Waals surface area contributed by atoms with Gasteiger partial charge in [-0.1, -0.05) is 46.3 Å². The molecule has 0 aliphatic rings. The summed E-state index contributed by atoms with van der Waals surface area (Å²) in [7, 11) is 0. The molecule has 1 atom stereocenters. The van der Waals surface area contributed by atoms with Crippen molar-refractivity contribution in [1.29, 1.82) is 0 Å². The summed E-state index contributed by atoms with van der Waals surface area (Å²) >= 11 is 3.38. The van der Waals surface area contributed by atoms with Crippen molar-refractivity contribution < 1.29 is 9.53 Å². The molecule has 2 aromatic rings. The van der Waals surface area contributed by atoms with Crippen LogP contribution in [0.5, 0.6) is 5.75 Å². The number of benzene rings is 2. The number of para-hydroxylation sites is 1. The summed E-state index contributed by atoms with van der Waals surface area (Å²) in [5, 5.41) is 2.79. The second-order valence-electron chi connectivity index (χ2n) is 4.12. The zero-order chi connectivity index (χ0) is 13.7. The highest BCUT2D eigenvalue weighted by atomic mass is 79.9. The van der Waals surface area contributed by atoms with Crippen LogP contribution in [0.3, 0.4) is 0 Å². The van der Waals surface area contributed by atoms with E-state index in [0.717, 1.165) is 10.0 Å². The zero-order valence-electron chi connectivity index (χ0n) is 10.5. The third-order valence-electron chi connectivity index (χ3n) is 2.66. The number of hydrogen-bond acceptors (Lipinski definition) is 2. The van der Waals surface area contributed by atoms with Gasteiger partial charge in [-0.3, -0.25) is 0 Å². The largest absolute Gasteiger partial charge is 0.413 e. The lowest BCUT2D eigenvalue weighted by molar-refractivity contribution is 0.197. The standard InChI is InChI=1S/C15H14BrNO2/c1-11(12-7-9-13(16)10-8-12)17-15(18)19-14-5-3-2-4-6-14/h2-11H,1H3,(H,17,18). The average molecular weight is 320 g/mol. The Morgan fingerprint density at radius 1 is 1.11 bits per heavy atom. The number of rotatable bonds is 3. The molecule has 0 aliphatic carbocycles. The van der Waals surface area contributed by atoms with E-state index in [1.54, 1.807) is 12.1 Å². The number of hydrogen-bond donors (Lipinski definition) is 1. The first-order chi connectivity index (χ1) is 9.15. The molecule has 1 unspecified atom stereocenters. The molecular weight excluding hydrogens is 306 g/mol. The third kappa shape index (κ3) is 4.10. The molecule has 98 valence electrons. The molecule has 0 heterocycles. The summed E-state index contributed by atoms with van der Waals surface area (Å²) in [6, 6.07) is 16.7. The Morgan fingerprint density at radius 2 is 1.74 bits per heavy atom. The Balaban J connectivity index is 1.93. The van der Waals surface area contributed by atoms with Gasteiger partial charge in [0.2, 0.25) is 0 Å². The van der Waals surface area contributed by atoms with Crippen molar-refractivity contribution in [3.05, 3.63) is 64.6 Å². The van der Waals surface area contributed by atoms with Crippen LogP contribution in [0, 0.1) is 0 Å². The normalized spacial score (nSPS) is 11.7. The maximum atomic E-state index is 11.7. The van der Waals surface area contributed by atoms with Crippen LogP contribution in [0.2, 0.25) is 0 Å². The molecule has 4 heteroatoms. The van der Waals surface area contributed by atoms with Gasteiger partial charge < -0.3 is 10.1 Å². The number of nitrogens with one attached hydrogen (secondary N) is 1. The number of carbonyl (C=O) groups excluding carboxylic acids is 1. The highest BCUT2D eigenvalue weighted by molar-refractivity contribution is 9.10. The van der Waals surface area contributed by atoms with E-state index in [1.807, 2.05) is 49.4 Å². The van der Waals surface area contributed by atoms with Crippen LogP contribution in [0.25, 0.3) is 0 Å². The molecular formula is C15H14BrNO2. The van der Waals surface area contributed by atoms with Crippen LogP contribution in [0.15, 0.2) is 59.1 Å². The molecule has 0 radical (unpaired) electrons. The predicted molar refractivity (Wildman–Crippen MR) is 78.2 cm³/mol. The van der Waals surface area contributed by atoms with E-state index in [4.69, 9.17) is 4.74 Å². The maximum Gasteiger partial charge on any atom is 0.413 e. The second kappa shape index (κ2) is 6.38. The highest BCUT2D eigenvalue weighted by Gasteiger charge is 2.10. The molecule has 0 saturated heterocycles. The lowest BCUT2D eigenvalue weighted by Gasteiger charge is -2.14. The zero-order valence-corrected chi connectivity index (χ0v) is 12.1. The van der Waals surface area contributed by atoms with Gasteiger partial charge in [0, 0.05) is 4.47 Å². The minimum absolute atomic E-state index is 0.107. The molecule has 0 aromatic heterocycles. The Labute approximate surface area is 120 Å². The fourth-order valence-corrected chi connectivity index (χ4v) is 1.90. The first-order valence-electron chi connectivity index (χ1n) is 5.94. The first kappa shape index (κ1) is 13.6. The topological polar surface area (TPSA) is 38.3 Å². The van der Waals surface area contributed by atoms with Gasteiger partial charge in [-0.15, -0.1) is 0 Å². The molecule has 0 saturated carbocycles. The maximum absolute atomic E-state index is 11.7. The smallest absolute Gasteiger partial charge is 0.410 e. The van der Waals surface area contributed by atoms with Crippen molar-refractivity contribution in [2.45, 2.75) is 13.0 Å². The fourth-order valence-electron chi connectivity index (χ4n) is 1.64. The third-order valence-corrected chi connectivity index (χ3v) is 3.19. The molecule has 2 aromatic carbocycles. The Bertz CT molecular complexity index is 540. The van der Waals surface area contributed by atoms with Crippen molar-refractivity contribution in [2.75, 3.05) is 0 Å². The van der Waals surface area contributed by atoms with Crippen LogP contribution in [-0.4, -0.2) is 6.09 Å². The van der Waals surface area contributed by atoms with E-state index < -0.39 is 6.09 Å². The van der Waals surface area contributed by atoms with Gasteiger partial charge in [0.15, 0.2) is 0 Å². The predicted octanol–water partition coefficient (Wildman–Crippen LogP) is 4.30. The summed E-state index contributed by atoms with van der Waals surface area (Å²) in [5.74, 6) is 0.531. The van der Waals surface area contributed by atoms with Gasteiger partial charge in [-0.2, -0.15) is 0 Å². The average Bonchev–Trinajstić information content (AvgIpc) is 2.40. The summed E-state index contributed by atoms with van der Waals surface area (Å²) in [5.41, 5.74) is 1.02. The van der Waals surface area contributed by atoms with E-state index in [0.29, 0.717) is 5.75 Å². The molecule has 0 bridgehead atoms. The molecule has 2 rings (SSSR count). The molecule has 3 nitrogen and oxygen atoms in total. The monoisotopic (exact) mass is 319 g/mol. The minimum Gasteiger partial charge on any atom is -0.410 e. The van der Waals surface area contributed by atoms with E-state index in [1.165, 1.54) is 0 Å². The van der Waals surface area contributed by atoms with Gasteiger partial charge in [0.1, 0.15) is 5.75 Å². The quantitative estimate of drug-likeness (QED) is 0.916. The number of halogens is 1. The molecule has 1 N–H and O–H groups in total. The van der Waals surface area contributed by atoms with Crippen LogP contribution >= 0.6 is 15.9 Å². The van der Waals surface area contributed by atoms with E-state index in [-0.39, 0.29) is 6.04 Å². The Hall–Kier alpha value is -1.81. The van der Waals surface area contributed by atoms with E-state index >= 15 is 0 Å². The summed E-state index contributed by atoms with van der Waals surface area (Å²) in [6.45, 7) is 1.91. The molecule has 0 fully saturated rings. The molecule has 0 aliphatic heterocycles.